The molecule has 0 aliphatic carbocycles. The Hall–Kier alpha value is -6.63. The van der Waals surface area contributed by atoms with Gasteiger partial charge in [-0.25, -0.2) is 8.78 Å². The number of nitrogens with one attached hydrogen (secondary N) is 2. The number of hydrogen-bond donors (Lipinski definition) is 9. The Bertz CT molecular complexity index is 3520. The van der Waals surface area contributed by atoms with E-state index in [1.807, 2.05) is 148 Å². The molecule has 0 spiro atoms. The summed E-state index contributed by atoms with van der Waals surface area (Å²) in [6.07, 6.45) is -6.09. The van der Waals surface area contributed by atoms with E-state index in [9.17, 15) is 68.5 Å². The molecule has 504 valence electrons. The SMILES string of the molecule is CC(C)C[C@H](N)[C@@H](O)CC(=O)O.CC(C)c1c(C(=O)Nc2ccccc2)c(-c2ccccc2)c(-c2ccc(F)cc2)n1CC[C@@H](O)C[C@@H](O)CC(=O)[O-].CC(C)c1c(C(=O)Nc2ccccc2)c(-c2ccccc2)c(-c2ccc(F)cc2)n1CC[C@@H](O)C[C@@H](O)CC(=O)[O-].[Ca+2].[Ca+2].[H-].[H-]. The van der Waals surface area contributed by atoms with Crippen molar-refractivity contribution in [2.24, 2.45) is 11.7 Å². The minimum Gasteiger partial charge on any atom is -1.00 e. The number of nitrogens with two attached hydrogens (primary N) is 1. The maximum atomic E-state index is 14.0. The fraction of sp³-hybridized carbons (Fsp3) is 0.338. The van der Waals surface area contributed by atoms with Crippen molar-refractivity contribution in [2.45, 2.75) is 154 Å². The first-order valence-corrected chi connectivity index (χ1v) is 31.4. The van der Waals surface area contributed by atoms with Crippen molar-refractivity contribution in [3.63, 3.8) is 0 Å². The molecule has 0 saturated heterocycles. The van der Waals surface area contributed by atoms with Crippen molar-refractivity contribution in [3.8, 4) is 44.8 Å². The van der Waals surface area contributed by atoms with Crippen LogP contribution in [0, 0.1) is 17.6 Å². The summed E-state index contributed by atoms with van der Waals surface area (Å²) in [6, 6.07) is 49.0. The molecule has 2 heterocycles. The van der Waals surface area contributed by atoms with E-state index in [1.54, 1.807) is 48.5 Å². The summed E-state index contributed by atoms with van der Waals surface area (Å²) in [5, 5.41) is 86.8. The second-order valence-corrected chi connectivity index (χ2v) is 24.2. The number of halogens is 2. The van der Waals surface area contributed by atoms with Crippen molar-refractivity contribution < 1.29 is 76.5 Å². The number of para-hydroxylation sites is 2. The number of carbonyl (C=O) groups is 5. The van der Waals surface area contributed by atoms with Crippen LogP contribution in [0.1, 0.15) is 140 Å². The number of rotatable bonds is 29. The molecule has 0 radical (unpaired) electrons. The molecule has 2 aromatic heterocycles. The van der Waals surface area contributed by atoms with Crippen LogP contribution < -0.4 is 26.6 Å². The predicted octanol–water partition coefficient (Wildman–Crippen LogP) is 9.62. The van der Waals surface area contributed by atoms with Crippen LogP contribution in [0.3, 0.4) is 0 Å². The molecule has 8 aromatic rings. The number of nitrogens with zero attached hydrogens (tertiary/aromatic N) is 2. The molecule has 0 aliphatic heterocycles. The Labute approximate surface area is 622 Å². The Morgan fingerprint density at radius 2 is 0.792 bits per heavy atom. The smallest absolute Gasteiger partial charge is 1.00 e. The molecular weight excluding hydrogens is 1280 g/mol. The van der Waals surface area contributed by atoms with Gasteiger partial charge in [0, 0.05) is 77.8 Å². The number of carboxylic acid groups (broad SMARTS) is 3. The monoisotopic (exact) mass is 1370 g/mol. The van der Waals surface area contributed by atoms with Gasteiger partial charge in [-0.15, -0.1) is 0 Å². The number of aliphatic hydroxyl groups is 5. The number of aromatic nitrogens is 2. The van der Waals surface area contributed by atoms with Gasteiger partial charge in [0.25, 0.3) is 11.8 Å². The van der Waals surface area contributed by atoms with Gasteiger partial charge in [0.1, 0.15) is 11.6 Å². The Morgan fingerprint density at radius 3 is 1.08 bits per heavy atom. The number of aliphatic hydroxyl groups excluding tert-OH is 5. The predicted molar refractivity (Wildman–Crippen MR) is 369 cm³/mol. The molecule has 6 aromatic carbocycles. The summed E-state index contributed by atoms with van der Waals surface area (Å²) >= 11 is 0. The number of carboxylic acids is 3. The van der Waals surface area contributed by atoms with E-state index < -0.39 is 78.9 Å². The molecule has 6 atom stereocenters. The summed E-state index contributed by atoms with van der Waals surface area (Å²) in [6.45, 7) is 12.4. The van der Waals surface area contributed by atoms with Crippen molar-refractivity contribution in [2.75, 3.05) is 10.6 Å². The van der Waals surface area contributed by atoms with Crippen LogP contribution in [-0.2, 0) is 27.5 Å². The van der Waals surface area contributed by atoms with Crippen LogP contribution in [0.15, 0.2) is 170 Å². The molecule has 0 saturated carbocycles. The number of amides is 2. The zero-order valence-electron chi connectivity index (χ0n) is 57.1. The maximum absolute atomic E-state index is 14.0. The third-order valence-electron chi connectivity index (χ3n) is 15.5. The van der Waals surface area contributed by atoms with Gasteiger partial charge < -0.3 is 78.8 Å². The van der Waals surface area contributed by atoms with Crippen LogP contribution in [0.5, 0.6) is 0 Å². The first-order chi connectivity index (χ1) is 44.7. The van der Waals surface area contributed by atoms with Crippen molar-refractivity contribution in [3.05, 3.63) is 204 Å². The first-order valence-electron chi connectivity index (χ1n) is 31.4. The molecule has 0 aliphatic rings. The second-order valence-electron chi connectivity index (χ2n) is 24.2. The minimum absolute atomic E-state index is 0. The fourth-order valence-electron chi connectivity index (χ4n) is 11.4. The van der Waals surface area contributed by atoms with Gasteiger partial charge in [-0.2, -0.15) is 0 Å². The Morgan fingerprint density at radius 1 is 0.469 bits per heavy atom. The van der Waals surface area contributed by atoms with Crippen LogP contribution in [0.25, 0.3) is 44.8 Å². The second kappa shape index (κ2) is 40.3. The molecule has 0 unspecified atom stereocenters. The van der Waals surface area contributed by atoms with Crippen LogP contribution in [-0.4, -0.2) is 182 Å². The Kier molecular flexibility index (Phi) is 34.3. The van der Waals surface area contributed by atoms with Crippen LogP contribution in [0.2, 0.25) is 0 Å². The molecule has 0 fully saturated rings. The summed E-state index contributed by atoms with van der Waals surface area (Å²) in [4.78, 5) is 60.0. The zero-order chi connectivity index (χ0) is 68.8. The number of anilines is 2. The minimum atomic E-state index is -1.39. The topological polar surface area (TPSA) is 313 Å². The maximum Gasteiger partial charge on any atom is 2.00 e. The molecule has 2 amide bonds. The number of hydrogen-bond acceptors (Lipinski definition) is 13. The fourth-order valence-corrected chi connectivity index (χ4v) is 11.4. The van der Waals surface area contributed by atoms with Gasteiger partial charge in [0.2, 0.25) is 0 Å². The normalized spacial score (nSPS) is 12.9. The van der Waals surface area contributed by atoms with E-state index >= 15 is 0 Å². The van der Waals surface area contributed by atoms with Gasteiger partial charge >= 0.3 is 81.4 Å². The number of benzene rings is 6. The van der Waals surface area contributed by atoms with Crippen LogP contribution >= 0.6 is 0 Å². The molecule has 18 nitrogen and oxygen atoms in total. The van der Waals surface area contributed by atoms with Gasteiger partial charge in [0.15, 0.2) is 0 Å². The first kappa shape index (κ1) is 81.8. The Balaban J connectivity index is 0.000000552. The summed E-state index contributed by atoms with van der Waals surface area (Å²) < 4.78 is 32.0. The summed E-state index contributed by atoms with van der Waals surface area (Å²) in [7, 11) is 0. The van der Waals surface area contributed by atoms with E-state index in [-0.39, 0.29) is 147 Å². The van der Waals surface area contributed by atoms with E-state index in [1.165, 1.54) is 24.3 Å². The summed E-state index contributed by atoms with van der Waals surface area (Å²) in [5.74, 6) is -5.04. The standard InChI is InChI=1S/2C33H35FN2O5.C8H17NO3.2Ca.2H/c2*1-21(2)31-30(33(41)35-25-11-7-4-8-12-25)29(22-9-5-3-6-10-22)32(23-13-15-24(34)16-14-23)36(31)18-17-26(37)19-27(38)20-28(39)40;1-5(2)3-6(9)7(10)4-8(11)12;;;;/h2*3-16,21,26-27,37-38H,17-20H2,1-2H3,(H,35,41)(H,39,40);5-7,10H,3-4,9H2,1-2H3,(H,11,12);;;;/q;;;2*+2;2*-1/p-2/t2*26-,27-;6-,7-;;;;/m110..../s1. The zero-order valence-corrected chi connectivity index (χ0v) is 59.5. The number of carbonyl (C=O) groups excluding carboxylic acids is 4. The molecule has 96 heavy (non-hydrogen) atoms. The third-order valence-corrected chi connectivity index (χ3v) is 15.5. The van der Waals surface area contributed by atoms with Gasteiger partial charge in [0.05, 0.1) is 59.5 Å². The molecule has 10 N–H and O–H groups in total. The summed E-state index contributed by atoms with van der Waals surface area (Å²) in [5.41, 5.74) is 15.0. The van der Waals surface area contributed by atoms with Gasteiger partial charge in [-0.05, 0) is 145 Å². The van der Waals surface area contributed by atoms with E-state index in [4.69, 9.17) is 10.8 Å². The average Bonchev–Trinajstić information content (AvgIpc) is 1.60. The quantitative estimate of drug-likeness (QED) is 0.0197. The molecule has 8 rings (SSSR count). The van der Waals surface area contributed by atoms with E-state index in [0.29, 0.717) is 68.5 Å². The van der Waals surface area contributed by atoms with Crippen molar-refractivity contribution >= 4 is 117 Å². The van der Waals surface area contributed by atoms with Gasteiger partial charge in [-0.3, -0.25) is 14.4 Å². The third kappa shape index (κ3) is 24.4. The molecule has 0 bridgehead atoms. The van der Waals surface area contributed by atoms with Gasteiger partial charge in [-0.1, -0.05) is 139 Å². The van der Waals surface area contributed by atoms with E-state index in [2.05, 4.69) is 10.6 Å². The van der Waals surface area contributed by atoms with Crippen molar-refractivity contribution in [1.82, 2.24) is 9.13 Å². The van der Waals surface area contributed by atoms with E-state index in [0.717, 1.165) is 22.5 Å². The molecule has 22 heteroatoms. The average molecular weight is 1370 g/mol. The van der Waals surface area contributed by atoms with Crippen LogP contribution in [0.4, 0.5) is 20.2 Å². The van der Waals surface area contributed by atoms with Crippen molar-refractivity contribution in [1.29, 1.82) is 0 Å². The number of aliphatic carboxylic acids is 3. The largest absolute Gasteiger partial charge is 2.00 e. The molecular formula is C74H87Ca2F2N5O13.